The number of carbonyl (C=O) groups excluding carboxylic acids is 1. The summed E-state index contributed by atoms with van der Waals surface area (Å²) in [5, 5.41) is 1.52. The molecule has 0 aliphatic carbocycles. The van der Waals surface area contributed by atoms with E-state index in [4.69, 9.17) is 32.9 Å². The van der Waals surface area contributed by atoms with Gasteiger partial charge in [0.1, 0.15) is 0 Å². The van der Waals surface area contributed by atoms with Gasteiger partial charge in [0.2, 0.25) is 0 Å². The molecule has 166 valence electrons. The molecule has 0 spiro atoms. The molecule has 1 amide bonds. The van der Waals surface area contributed by atoms with Gasteiger partial charge in [-0.2, -0.15) is 0 Å². The minimum absolute atomic E-state index is 0. The highest BCUT2D eigenvalue weighted by molar-refractivity contribution is 7.98. The van der Waals surface area contributed by atoms with Gasteiger partial charge in [0.25, 0.3) is 5.91 Å². The van der Waals surface area contributed by atoms with Crippen LogP contribution in [0.25, 0.3) is 10.2 Å². The maximum atomic E-state index is 13.5. The van der Waals surface area contributed by atoms with Gasteiger partial charge in [-0.05, 0) is 42.7 Å². The van der Waals surface area contributed by atoms with Crippen LogP contribution in [0.3, 0.4) is 0 Å². The van der Waals surface area contributed by atoms with Crippen molar-refractivity contribution < 1.29 is 9.53 Å². The van der Waals surface area contributed by atoms with Crippen molar-refractivity contribution >= 4 is 80.0 Å². The summed E-state index contributed by atoms with van der Waals surface area (Å²) in [5.74, 6) is -0.195. The van der Waals surface area contributed by atoms with E-state index in [1.807, 2.05) is 18.4 Å². The molecular weight excluding hydrogens is 497 g/mol. The molecule has 0 N–H and O–H groups in total. The Bertz CT molecular complexity index is 1060. The summed E-state index contributed by atoms with van der Waals surface area (Å²) in [6.45, 7) is 4.39. The molecule has 31 heavy (non-hydrogen) atoms. The summed E-state index contributed by atoms with van der Waals surface area (Å²) in [6, 6.07) is 11.1. The Morgan fingerprint density at radius 2 is 2.00 bits per heavy atom. The average molecular weight is 519 g/mol. The lowest BCUT2D eigenvalue weighted by Crippen LogP contribution is -2.43. The third kappa shape index (κ3) is 5.85. The van der Waals surface area contributed by atoms with Crippen molar-refractivity contribution in [3.63, 3.8) is 0 Å². The molecular formula is C21H22Cl3N3O2S2. The number of benzene rings is 2. The fourth-order valence-electron chi connectivity index (χ4n) is 3.29. The largest absolute Gasteiger partial charge is 0.379 e. The van der Waals surface area contributed by atoms with Crippen LogP contribution in [-0.2, 0) is 4.74 Å². The smallest absolute Gasteiger partial charge is 0.261 e. The van der Waals surface area contributed by atoms with E-state index in [9.17, 15) is 4.79 Å². The zero-order chi connectivity index (χ0) is 21.1. The molecule has 5 nitrogen and oxygen atoms in total. The predicted octanol–water partition coefficient (Wildman–Crippen LogP) is 5.73. The summed E-state index contributed by atoms with van der Waals surface area (Å²) in [5.41, 5.74) is 1.27. The number of anilines is 1. The molecule has 1 aliphatic heterocycles. The topological polar surface area (TPSA) is 45.7 Å². The molecule has 0 saturated carbocycles. The monoisotopic (exact) mass is 517 g/mol. The van der Waals surface area contributed by atoms with Crippen LogP contribution in [0.1, 0.15) is 10.4 Å². The lowest BCUT2D eigenvalue weighted by atomic mass is 10.2. The van der Waals surface area contributed by atoms with Crippen LogP contribution in [0.4, 0.5) is 5.13 Å². The second kappa shape index (κ2) is 11.2. The first-order chi connectivity index (χ1) is 14.5. The van der Waals surface area contributed by atoms with Crippen molar-refractivity contribution in [2.24, 2.45) is 0 Å². The molecule has 4 rings (SSSR count). The number of carbonyl (C=O) groups is 1. The first-order valence-corrected chi connectivity index (χ1v) is 12.4. The molecule has 1 aliphatic rings. The molecule has 0 radical (unpaired) electrons. The highest BCUT2D eigenvalue weighted by Gasteiger charge is 2.24. The summed E-state index contributed by atoms with van der Waals surface area (Å²) < 4.78 is 6.49. The third-order valence-corrected chi connectivity index (χ3v) is 7.29. The quantitative estimate of drug-likeness (QED) is 0.390. The van der Waals surface area contributed by atoms with Crippen molar-refractivity contribution in [2.45, 2.75) is 4.90 Å². The van der Waals surface area contributed by atoms with Gasteiger partial charge in [-0.1, -0.05) is 34.5 Å². The Morgan fingerprint density at radius 3 is 2.74 bits per heavy atom. The minimum atomic E-state index is -0.195. The van der Waals surface area contributed by atoms with Gasteiger partial charge in [-0.25, -0.2) is 4.98 Å². The number of thiazole rings is 1. The Labute approximate surface area is 206 Å². The van der Waals surface area contributed by atoms with E-state index in [1.165, 1.54) is 16.2 Å². The minimum Gasteiger partial charge on any atom is -0.379 e. The number of morpholine rings is 1. The van der Waals surface area contributed by atoms with Gasteiger partial charge < -0.3 is 4.74 Å². The van der Waals surface area contributed by atoms with Gasteiger partial charge in [0, 0.05) is 36.1 Å². The Morgan fingerprint density at radius 1 is 1.23 bits per heavy atom. The van der Waals surface area contributed by atoms with E-state index >= 15 is 0 Å². The van der Waals surface area contributed by atoms with Gasteiger partial charge in [0.05, 0.1) is 34.0 Å². The first-order valence-electron chi connectivity index (χ1n) is 9.57. The van der Waals surface area contributed by atoms with Crippen molar-refractivity contribution in [3.05, 3.63) is 52.0 Å². The van der Waals surface area contributed by atoms with Gasteiger partial charge in [-0.15, -0.1) is 24.2 Å². The number of aromatic nitrogens is 1. The van der Waals surface area contributed by atoms with Crippen LogP contribution >= 0.6 is 58.7 Å². The number of fused-ring (bicyclic) bond motifs is 1. The molecule has 0 bridgehead atoms. The van der Waals surface area contributed by atoms with Gasteiger partial charge >= 0.3 is 0 Å². The first kappa shape index (κ1) is 24.6. The average Bonchev–Trinajstić information content (AvgIpc) is 3.19. The fourth-order valence-corrected chi connectivity index (χ4v) is 5.21. The van der Waals surface area contributed by atoms with E-state index in [2.05, 4.69) is 11.0 Å². The second-order valence-corrected chi connectivity index (χ2v) is 9.60. The van der Waals surface area contributed by atoms with Gasteiger partial charge in [-0.3, -0.25) is 14.6 Å². The molecule has 2 heterocycles. The molecule has 1 fully saturated rings. The number of hydrogen-bond donors (Lipinski definition) is 0. The van der Waals surface area contributed by atoms with Crippen molar-refractivity contribution in [3.8, 4) is 0 Å². The van der Waals surface area contributed by atoms with Crippen LogP contribution in [-0.4, -0.2) is 61.4 Å². The molecule has 1 aromatic heterocycles. The molecule has 3 aromatic rings. The number of ether oxygens (including phenoxy) is 1. The van der Waals surface area contributed by atoms with E-state index in [0.29, 0.717) is 40.5 Å². The maximum Gasteiger partial charge on any atom is 0.261 e. The number of amides is 1. The van der Waals surface area contributed by atoms with Crippen molar-refractivity contribution in [2.75, 3.05) is 50.5 Å². The van der Waals surface area contributed by atoms with E-state index in [1.54, 1.807) is 34.9 Å². The lowest BCUT2D eigenvalue weighted by Gasteiger charge is -2.29. The number of rotatable bonds is 6. The number of nitrogens with zero attached hydrogens (tertiary/aromatic N) is 3. The van der Waals surface area contributed by atoms with Gasteiger partial charge in [0.15, 0.2) is 5.13 Å². The summed E-state index contributed by atoms with van der Waals surface area (Å²) in [7, 11) is 0. The summed E-state index contributed by atoms with van der Waals surface area (Å²) in [4.78, 5) is 23.4. The van der Waals surface area contributed by atoms with Crippen LogP contribution < -0.4 is 4.90 Å². The second-order valence-electron chi connectivity index (χ2n) is 6.87. The predicted molar refractivity (Wildman–Crippen MR) is 134 cm³/mol. The zero-order valence-corrected chi connectivity index (χ0v) is 20.8. The molecule has 0 atom stereocenters. The summed E-state index contributed by atoms with van der Waals surface area (Å²) in [6.07, 6.45) is 2.04. The van der Waals surface area contributed by atoms with Crippen LogP contribution in [0.15, 0.2) is 41.3 Å². The fraction of sp³-hybridized carbons (Fsp3) is 0.333. The number of hydrogen-bond acceptors (Lipinski definition) is 6. The number of halogens is 3. The third-order valence-electron chi connectivity index (χ3n) is 4.96. The van der Waals surface area contributed by atoms with Crippen LogP contribution in [0.5, 0.6) is 0 Å². The Kier molecular flexibility index (Phi) is 8.87. The maximum absolute atomic E-state index is 13.5. The molecule has 0 unspecified atom stereocenters. The number of thioether (sulfide) groups is 1. The van der Waals surface area contributed by atoms with Crippen LogP contribution in [0, 0.1) is 0 Å². The lowest BCUT2D eigenvalue weighted by molar-refractivity contribution is 0.0391. The molecule has 2 aromatic carbocycles. The molecule has 1 saturated heterocycles. The SMILES string of the molecule is CSc1ccc2nc(N(CCN3CCOCC3)C(=O)c3cc(Cl)ccc3Cl)sc2c1.Cl. The molecule has 10 heteroatoms. The highest BCUT2D eigenvalue weighted by Crippen LogP contribution is 2.33. The summed E-state index contributed by atoms with van der Waals surface area (Å²) >= 11 is 15.7. The van der Waals surface area contributed by atoms with E-state index in [-0.39, 0.29) is 18.3 Å². The highest BCUT2D eigenvalue weighted by atomic mass is 35.5. The normalized spacial score (nSPS) is 14.4. The van der Waals surface area contributed by atoms with E-state index < -0.39 is 0 Å². The van der Waals surface area contributed by atoms with Crippen molar-refractivity contribution in [1.29, 1.82) is 0 Å². The van der Waals surface area contributed by atoms with Crippen molar-refractivity contribution in [1.82, 2.24) is 9.88 Å². The standard InChI is InChI=1S/C21H21Cl2N3O2S2.ClH/c1-29-15-3-5-18-19(13-15)30-21(24-18)26(7-6-25-8-10-28-11-9-25)20(27)16-12-14(22)2-4-17(16)23;/h2-5,12-13H,6-11H2,1H3;1H. The Hall–Kier alpha value is -1.06. The van der Waals surface area contributed by atoms with Crippen LogP contribution in [0.2, 0.25) is 10.0 Å². The zero-order valence-electron chi connectivity index (χ0n) is 16.8. The van der Waals surface area contributed by atoms with E-state index in [0.717, 1.165) is 29.9 Å². The Balaban J connectivity index is 0.00000272.